The number of aromatic nitrogens is 1. The van der Waals surface area contributed by atoms with Gasteiger partial charge in [0.2, 0.25) is 0 Å². The summed E-state index contributed by atoms with van der Waals surface area (Å²) in [6.45, 7) is 1.73. The van der Waals surface area contributed by atoms with Gasteiger partial charge in [-0.1, -0.05) is 6.07 Å². The number of nitrogens with zero attached hydrogens (tertiary/aromatic N) is 1. The SMILES string of the molecule is Cc1ccc([N+](=O)[O-])c2[nH]c(CO)cc12. The molecule has 15 heavy (non-hydrogen) atoms. The fraction of sp³-hybridized carbons (Fsp3) is 0.200. The predicted molar refractivity (Wildman–Crippen MR) is 55.6 cm³/mol. The van der Waals surface area contributed by atoms with Crippen LogP contribution in [0.4, 0.5) is 5.69 Å². The molecule has 0 aliphatic rings. The second-order valence-electron chi connectivity index (χ2n) is 3.40. The molecule has 0 amide bonds. The van der Waals surface area contributed by atoms with E-state index in [1.807, 2.05) is 6.92 Å². The van der Waals surface area contributed by atoms with Crippen molar-refractivity contribution in [2.45, 2.75) is 13.5 Å². The second kappa shape index (κ2) is 3.36. The van der Waals surface area contributed by atoms with Crippen LogP contribution in [0.1, 0.15) is 11.3 Å². The molecule has 0 fully saturated rings. The Morgan fingerprint density at radius 3 is 2.87 bits per heavy atom. The Kier molecular flexibility index (Phi) is 2.17. The van der Waals surface area contributed by atoms with E-state index < -0.39 is 4.92 Å². The minimum atomic E-state index is -0.431. The third kappa shape index (κ3) is 1.46. The van der Waals surface area contributed by atoms with E-state index in [2.05, 4.69) is 4.98 Å². The molecular formula is C10H10N2O3. The Morgan fingerprint density at radius 2 is 2.27 bits per heavy atom. The quantitative estimate of drug-likeness (QED) is 0.581. The minimum absolute atomic E-state index is 0.0373. The normalized spacial score (nSPS) is 10.8. The molecule has 0 atom stereocenters. The summed E-state index contributed by atoms with van der Waals surface area (Å²) in [5.74, 6) is 0. The van der Waals surface area contributed by atoms with Gasteiger partial charge < -0.3 is 10.1 Å². The number of nitro benzene ring substituents is 1. The van der Waals surface area contributed by atoms with Crippen LogP contribution in [0.15, 0.2) is 18.2 Å². The Labute approximate surface area is 85.5 Å². The van der Waals surface area contributed by atoms with Gasteiger partial charge in [-0.05, 0) is 18.6 Å². The Balaban J connectivity index is 2.80. The molecule has 5 nitrogen and oxygen atoms in total. The van der Waals surface area contributed by atoms with E-state index >= 15 is 0 Å². The van der Waals surface area contributed by atoms with Gasteiger partial charge in [-0.15, -0.1) is 0 Å². The number of aliphatic hydroxyl groups is 1. The third-order valence-electron chi connectivity index (χ3n) is 2.41. The number of hydrogen-bond donors (Lipinski definition) is 2. The lowest BCUT2D eigenvalue weighted by atomic mass is 10.1. The summed E-state index contributed by atoms with van der Waals surface area (Å²) in [7, 11) is 0. The first-order valence-corrected chi connectivity index (χ1v) is 4.50. The highest BCUT2D eigenvalue weighted by atomic mass is 16.6. The molecule has 1 heterocycles. The van der Waals surface area contributed by atoms with E-state index in [0.29, 0.717) is 11.2 Å². The van der Waals surface area contributed by atoms with Crippen LogP contribution < -0.4 is 0 Å². The van der Waals surface area contributed by atoms with Gasteiger partial charge in [0.1, 0.15) is 5.52 Å². The van der Waals surface area contributed by atoms with Crippen LogP contribution in [0.5, 0.6) is 0 Å². The van der Waals surface area contributed by atoms with Crippen molar-refractivity contribution in [3.05, 3.63) is 39.6 Å². The number of nitrogens with one attached hydrogen (secondary N) is 1. The summed E-state index contributed by atoms with van der Waals surface area (Å²) in [5, 5.41) is 20.5. The molecule has 0 radical (unpaired) electrons. The number of non-ortho nitro benzene ring substituents is 1. The zero-order valence-electron chi connectivity index (χ0n) is 8.15. The summed E-state index contributed by atoms with van der Waals surface area (Å²) in [6, 6.07) is 4.91. The molecular weight excluding hydrogens is 196 g/mol. The molecule has 78 valence electrons. The predicted octanol–water partition coefficient (Wildman–Crippen LogP) is 1.88. The third-order valence-corrected chi connectivity index (χ3v) is 2.41. The highest BCUT2D eigenvalue weighted by molar-refractivity contribution is 5.91. The van der Waals surface area contributed by atoms with Gasteiger partial charge in [0, 0.05) is 17.1 Å². The molecule has 2 rings (SSSR count). The van der Waals surface area contributed by atoms with E-state index in [1.165, 1.54) is 6.07 Å². The molecule has 5 heteroatoms. The average Bonchev–Trinajstić information content (AvgIpc) is 2.62. The Morgan fingerprint density at radius 1 is 1.53 bits per heavy atom. The zero-order valence-corrected chi connectivity index (χ0v) is 8.15. The number of aryl methyl sites for hydroxylation is 1. The van der Waals surface area contributed by atoms with E-state index in [4.69, 9.17) is 5.11 Å². The van der Waals surface area contributed by atoms with E-state index in [1.54, 1.807) is 12.1 Å². The molecule has 0 saturated carbocycles. The molecule has 1 aromatic carbocycles. The Hall–Kier alpha value is -1.88. The average molecular weight is 206 g/mol. The maximum absolute atomic E-state index is 10.7. The van der Waals surface area contributed by atoms with Crippen molar-refractivity contribution in [2.24, 2.45) is 0 Å². The van der Waals surface area contributed by atoms with Crippen molar-refractivity contribution in [1.29, 1.82) is 0 Å². The van der Waals surface area contributed by atoms with E-state index in [-0.39, 0.29) is 12.3 Å². The smallest absolute Gasteiger partial charge is 0.293 e. The molecule has 0 spiro atoms. The molecule has 1 aromatic heterocycles. The maximum Gasteiger partial charge on any atom is 0.293 e. The molecule has 2 aromatic rings. The molecule has 0 saturated heterocycles. The van der Waals surface area contributed by atoms with Crippen molar-refractivity contribution in [3.63, 3.8) is 0 Å². The fourth-order valence-electron chi connectivity index (χ4n) is 1.64. The van der Waals surface area contributed by atoms with Crippen molar-refractivity contribution < 1.29 is 10.0 Å². The molecule has 0 aliphatic heterocycles. The largest absolute Gasteiger partial charge is 0.390 e. The lowest BCUT2D eigenvalue weighted by Gasteiger charge is -1.96. The van der Waals surface area contributed by atoms with Crippen molar-refractivity contribution in [3.8, 4) is 0 Å². The van der Waals surface area contributed by atoms with Crippen LogP contribution in [-0.2, 0) is 6.61 Å². The van der Waals surface area contributed by atoms with Crippen LogP contribution in [0.2, 0.25) is 0 Å². The van der Waals surface area contributed by atoms with Gasteiger partial charge in [-0.3, -0.25) is 10.1 Å². The van der Waals surface area contributed by atoms with Gasteiger partial charge in [0.25, 0.3) is 5.69 Å². The van der Waals surface area contributed by atoms with Crippen LogP contribution in [0.25, 0.3) is 10.9 Å². The molecule has 0 bridgehead atoms. The molecule has 0 unspecified atom stereocenters. The van der Waals surface area contributed by atoms with E-state index in [0.717, 1.165) is 10.9 Å². The topological polar surface area (TPSA) is 79.2 Å². The van der Waals surface area contributed by atoms with Crippen molar-refractivity contribution in [1.82, 2.24) is 4.98 Å². The van der Waals surface area contributed by atoms with Crippen LogP contribution in [0, 0.1) is 17.0 Å². The van der Waals surface area contributed by atoms with Gasteiger partial charge in [0.05, 0.1) is 11.5 Å². The second-order valence-corrected chi connectivity index (χ2v) is 3.40. The molecule has 2 N–H and O–H groups in total. The first kappa shape index (κ1) is 9.67. The number of benzene rings is 1. The minimum Gasteiger partial charge on any atom is -0.390 e. The lowest BCUT2D eigenvalue weighted by molar-refractivity contribution is -0.383. The number of nitro groups is 1. The number of aromatic amines is 1. The van der Waals surface area contributed by atoms with Crippen LogP contribution >= 0.6 is 0 Å². The number of H-pyrrole nitrogens is 1. The standard InChI is InChI=1S/C10H10N2O3/c1-6-2-3-9(12(14)15)10-8(6)4-7(5-13)11-10/h2-4,11,13H,5H2,1H3. The van der Waals surface area contributed by atoms with Crippen LogP contribution in [-0.4, -0.2) is 15.0 Å². The first-order chi connectivity index (χ1) is 7.13. The number of fused-ring (bicyclic) bond motifs is 1. The Bertz CT molecular complexity index is 531. The first-order valence-electron chi connectivity index (χ1n) is 4.50. The summed E-state index contributed by atoms with van der Waals surface area (Å²) in [5.41, 5.74) is 2.05. The summed E-state index contributed by atoms with van der Waals surface area (Å²) < 4.78 is 0. The van der Waals surface area contributed by atoms with Gasteiger partial charge in [0.15, 0.2) is 0 Å². The summed E-state index contributed by atoms with van der Waals surface area (Å²) >= 11 is 0. The van der Waals surface area contributed by atoms with Gasteiger partial charge >= 0.3 is 0 Å². The molecule has 0 aliphatic carbocycles. The van der Waals surface area contributed by atoms with Crippen molar-refractivity contribution >= 4 is 16.6 Å². The maximum atomic E-state index is 10.7. The van der Waals surface area contributed by atoms with Crippen LogP contribution in [0.3, 0.4) is 0 Å². The number of hydrogen-bond acceptors (Lipinski definition) is 3. The monoisotopic (exact) mass is 206 g/mol. The van der Waals surface area contributed by atoms with E-state index in [9.17, 15) is 10.1 Å². The van der Waals surface area contributed by atoms with Gasteiger partial charge in [-0.25, -0.2) is 0 Å². The number of rotatable bonds is 2. The highest BCUT2D eigenvalue weighted by Crippen LogP contribution is 2.28. The van der Waals surface area contributed by atoms with Crippen molar-refractivity contribution in [2.75, 3.05) is 0 Å². The summed E-state index contributed by atoms with van der Waals surface area (Å²) in [6.07, 6.45) is 0. The van der Waals surface area contributed by atoms with Gasteiger partial charge in [-0.2, -0.15) is 0 Å². The zero-order chi connectivity index (χ0) is 11.0. The lowest BCUT2D eigenvalue weighted by Crippen LogP contribution is -1.90. The highest BCUT2D eigenvalue weighted by Gasteiger charge is 2.15. The fourth-order valence-corrected chi connectivity index (χ4v) is 1.64. The number of aliphatic hydroxyl groups excluding tert-OH is 1. The summed E-state index contributed by atoms with van der Waals surface area (Å²) in [4.78, 5) is 13.2.